The van der Waals surface area contributed by atoms with Gasteiger partial charge in [0.05, 0.1) is 0 Å². The molecule has 1 unspecified atom stereocenters. The lowest BCUT2D eigenvalue weighted by Gasteiger charge is -2.22. The van der Waals surface area contributed by atoms with E-state index >= 15 is 0 Å². The van der Waals surface area contributed by atoms with Gasteiger partial charge in [0.1, 0.15) is 0 Å². The van der Waals surface area contributed by atoms with Crippen LogP contribution in [-0.4, -0.2) is 12.6 Å². The standard InChI is InChI=1S/C17H26BrN/c1-14(13-16-7-9-17(18)10-8-16)19-12-11-15-5-3-2-4-6-15/h7-10,14-15,19H,2-6,11-13H2,1H3. The molecule has 0 aromatic heterocycles. The van der Waals surface area contributed by atoms with Crippen LogP contribution in [0.1, 0.15) is 51.0 Å². The van der Waals surface area contributed by atoms with Crippen molar-refractivity contribution in [1.29, 1.82) is 0 Å². The van der Waals surface area contributed by atoms with Crippen LogP contribution in [0.5, 0.6) is 0 Å². The van der Waals surface area contributed by atoms with E-state index in [-0.39, 0.29) is 0 Å². The molecule has 1 nitrogen and oxygen atoms in total. The van der Waals surface area contributed by atoms with Crippen molar-refractivity contribution in [3.63, 3.8) is 0 Å². The minimum Gasteiger partial charge on any atom is -0.314 e. The molecule has 0 bridgehead atoms. The molecular formula is C17H26BrN. The molecule has 0 saturated heterocycles. The maximum absolute atomic E-state index is 3.68. The summed E-state index contributed by atoms with van der Waals surface area (Å²) in [7, 11) is 0. The third-order valence-corrected chi connectivity index (χ3v) is 4.75. The molecule has 1 N–H and O–H groups in total. The smallest absolute Gasteiger partial charge is 0.0175 e. The quantitative estimate of drug-likeness (QED) is 0.781. The molecule has 1 aromatic carbocycles. The summed E-state index contributed by atoms with van der Waals surface area (Å²) in [6.45, 7) is 3.48. The molecule has 1 fully saturated rings. The fourth-order valence-corrected chi connectivity index (χ4v) is 3.32. The van der Waals surface area contributed by atoms with Gasteiger partial charge >= 0.3 is 0 Å². The fraction of sp³-hybridized carbons (Fsp3) is 0.647. The van der Waals surface area contributed by atoms with E-state index in [1.54, 1.807) is 0 Å². The van der Waals surface area contributed by atoms with Crippen LogP contribution in [0.15, 0.2) is 28.7 Å². The number of rotatable bonds is 6. The molecule has 0 radical (unpaired) electrons. The molecule has 1 aliphatic rings. The lowest BCUT2D eigenvalue weighted by Crippen LogP contribution is -2.30. The normalized spacial score (nSPS) is 18.4. The van der Waals surface area contributed by atoms with Crippen molar-refractivity contribution in [2.24, 2.45) is 5.92 Å². The zero-order valence-corrected chi connectivity index (χ0v) is 13.6. The van der Waals surface area contributed by atoms with Crippen LogP contribution >= 0.6 is 15.9 Å². The third kappa shape index (κ3) is 5.66. The molecule has 106 valence electrons. The monoisotopic (exact) mass is 323 g/mol. The first kappa shape index (κ1) is 15.1. The zero-order chi connectivity index (χ0) is 13.5. The van der Waals surface area contributed by atoms with E-state index in [4.69, 9.17) is 0 Å². The van der Waals surface area contributed by atoms with E-state index in [1.165, 1.54) is 50.6 Å². The second-order valence-corrected chi connectivity index (χ2v) is 6.89. The van der Waals surface area contributed by atoms with Gasteiger partial charge in [-0.2, -0.15) is 0 Å². The molecule has 0 amide bonds. The predicted molar refractivity (Wildman–Crippen MR) is 86.5 cm³/mol. The molecule has 0 aliphatic heterocycles. The SMILES string of the molecule is CC(Cc1ccc(Br)cc1)NCCC1CCCCC1. The van der Waals surface area contributed by atoms with E-state index in [1.807, 2.05) is 0 Å². The first-order chi connectivity index (χ1) is 9.24. The zero-order valence-electron chi connectivity index (χ0n) is 12.0. The molecule has 19 heavy (non-hydrogen) atoms. The van der Waals surface area contributed by atoms with E-state index in [9.17, 15) is 0 Å². The van der Waals surface area contributed by atoms with Crippen molar-refractivity contribution in [2.75, 3.05) is 6.54 Å². The third-order valence-electron chi connectivity index (χ3n) is 4.23. The molecule has 1 saturated carbocycles. The maximum atomic E-state index is 3.68. The summed E-state index contributed by atoms with van der Waals surface area (Å²) >= 11 is 3.48. The Morgan fingerprint density at radius 3 is 2.53 bits per heavy atom. The highest BCUT2D eigenvalue weighted by atomic mass is 79.9. The van der Waals surface area contributed by atoms with Crippen LogP contribution in [0.4, 0.5) is 0 Å². The van der Waals surface area contributed by atoms with Crippen molar-refractivity contribution in [3.05, 3.63) is 34.3 Å². The van der Waals surface area contributed by atoms with Crippen molar-refractivity contribution < 1.29 is 0 Å². The van der Waals surface area contributed by atoms with Crippen LogP contribution in [0, 0.1) is 5.92 Å². The van der Waals surface area contributed by atoms with Crippen LogP contribution in [0.3, 0.4) is 0 Å². The summed E-state index contributed by atoms with van der Waals surface area (Å²) in [5, 5.41) is 3.68. The maximum Gasteiger partial charge on any atom is 0.0175 e. The summed E-state index contributed by atoms with van der Waals surface area (Å²) < 4.78 is 1.16. The van der Waals surface area contributed by atoms with Gasteiger partial charge in [-0.25, -0.2) is 0 Å². The van der Waals surface area contributed by atoms with Crippen molar-refractivity contribution in [1.82, 2.24) is 5.32 Å². The summed E-state index contributed by atoms with van der Waals surface area (Å²) in [5.41, 5.74) is 1.42. The van der Waals surface area contributed by atoms with Gasteiger partial charge in [0, 0.05) is 10.5 Å². The molecule has 0 spiro atoms. The highest BCUT2D eigenvalue weighted by Gasteiger charge is 2.13. The van der Waals surface area contributed by atoms with Gasteiger partial charge in [-0.3, -0.25) is 0 Å². The Hall–Kier alpha value is -0.340. The first-order valence-corrected chi connectivity index (χ1v) is 8.51. The van der Waals surface area contributed by atoms with Gasteiger partial charge in [-0.1, -0.05) is 60.2 Å². The van der Waals surface area contributed by atoms with Gasteiger partial charge in [-0.15, -0.1) is 0 Å². The number of hydrogen-bond acceptors (Lipinski definition) is 1. The Kier molecular flexibility index (Phi) is 6.39. The van der Waals surface area contributed by atoms with E-state index in [0.717, 1.165) is 16.8 Å². The molecule has 1 aliphatic carbocycles. The lowest BCUT2D eigenvalue weighted by molar-refractivity contribution is 0.329. The van der Waals surface area contributed by atoms with Crippen LogP contribution in [0.2, 0.25) is 0 Å². The van der Waals surface area contributed by atoms with Gasteiger partial charge < -0.3 is 5.32 Å². The number of hydrogen-bond donors (Lipinski definition) is 1. The topological polar surface area (TPSA) is 12.0 Å². The number of nitrogens with one attached hydrogen (secondary N) is 1. The minimum atomic E-state index is 0.574. The Bertz CT molecular complexity index is 354. The fourth-order valence-electron chi connectivity index (χ4n) is 3.06. The molecule has 0 heterocycles. The second-order valence-electron chi connectivity index (χ2n) is 5.98. The van der Waals surface area contributed by atoms with Crippen molar-refractivity contribution in [3.8, 4) is 0 Å². The molecular weight excluding hydrogens is 298 g/mol. The summed E-state index contributed by atoms with van der Waals surface area (Å²) in [4.78, 5) is 0. The van der Waals surface area contributed by atoms with Gasteiger partial charge in [0.15, 0.2) is 0 Å². The minimum absolute atomic E-state index is 0.574. The Morgan fingerprint density at radius 2 is 1.84 bits per heavy atom. The molecule has 2 heteroatoms. The summed E-state index contributed by atoms with van der Waals surface area (Å²) in [6, 6.07) is 9.26. The summed E-state index contributed by atoms with van der Waals surface area (Å²) in [5.74, 6) is 0.987. The Labute approximate surface area is 126 Å². The highest BCUT2D eigenvalue weighted by Crippen LogP contribution is 2.25. The number of halogens is 1. The van der Waals surface area contributed by atoms with Crippen LogP contribution < -0.4 is 5.32 Å². The largest absolute Gasteiger partial charge is 0.314 e. The average Bonchev–Trinajstić information content (AvgIpc) is 2.43. The van der Waals surface area contributed by atoms with E-state index in [0.29, 0.717) is 6.04 Å². The van der Waals surface area contributed by atoms with Crippen LogP contribution in [-0.2, 0) is 6.42 Å². The summed E-state index contributed by atoms with van der Waals surface area (Å²) in [6.07, 6.45) is 9.79. The van der Waals surface area contributed by atoms with E-state index in [2.05, 4.69) is 52.4 Å². The molecule has 1 aromatic rings. The average molecular weight is 324 g/mol. The molecule has 1 atom stereocenters. The Morgan fingerprint density at radius 1 is 1.16 bits per heavy atom. The van der Waals surface area contributed by atoms with Gasteiger partial charge in [0.2, 0.25) is 0 Å². The lowest BCUT2D eigenvalue weighted by atomic mass is 9.87. The van der Waals surface area contributed by atoms with Crippen LogP contribution in [0.25, 0.3) is 0 Å². The van der Waals surface area contributed by atoms with Crippen molar-refractivity contribution >= 4 is 15.9 Å². The Balaban J connectivity index is 1.63. The number of benzene rings is 1. The van der Waals surface area contributed by atoms with Gasteiger partial charge in [-0.05, 0) is 49.9 Å². The first-order valence-electron chi connectivity index (χ1n) is 7.72. The highest BCUT2D eigenvalue weighted by molar-refractivity contribution is 9.10. The second kappa shape index (κ2) is 8.06. The predicted octanol–water partition coefficient (Wildman–Crippen LogP) is 4.94. The molecule has 2 rings (SSSR count). The van der Waals surface area contributed by atoms with Crippen molar-refractivity contribution in [2.45, 2.75) is 57.9 Å². The van der Waals surface area contributed by atoms with Gasteiger partial charge in [0.25, 0.3) is 0 Å². The van der Waals surface area contributed by atoms with E-state index < -0.39 is 0 Å².